The van der Waals surface area contributed by atoms with E-state index < -0.39 is 5.97 Å². The molecule has 1 atom stereocenters. The van der Waals surface area contributed by atoms with Crippen molar-refractivity contribution in [3.63, 3.8) is 0 Å². The Balaban J connectivity index is 1.58. The fraction of sp³-hybridized carbons (Fsp3) is 0.357. The lowest BCUT2D eigenvalue weighted by molar-refractivity contribution is 0.0702. The third-order valence-electron chi connectivity index (χ3n) is 3.26. The molecule has 0 aromatic carbocycles. The number of hydrogen-bond donors (Lipinski definition) is 2. The fourth-order valence-electron chi connectivity index (χ4n) is 2.16. The highest BCUT2D eigenvalue weighted by Gasteiger charge is 2.22. The first-order valence-corrected chi connectivity index (χ1v) is 8.50. The molecular formula is C14H14N2O4S2. The zero-order chi connectivity index (χ0) is 15.5. The van der Waals surface area contributed by atoms with E-state index in [9.17, 15) is 9.59 Å². The minimum absolute atomic E-state index is 0.0157. The van der Waals surface area contributed by atoms with Crippen LogP contribution in [0.1, 0.15) is 49.0 Å². The van der Waals surface area contributed by atoms with Gasteiger partial charge in [0.2, 0.25) is 0 Å². The van der Waals surface area contributed by atoms with Crippen molar-refractivity contribution in [3.05, 3.63) is 38.0 Å². The molecule has 0 radical (unpaired) electrons. The molecule has 116 valence electrons. The lowest BCUT2D eigenvalue weighted by Crippen LogP contribution is -2.22. The number of carboxylic acid groups (broad SMARTS) is 1. The summed E-state index contributed by atoms with van der Waals surface area (Å²) in [4.78, 5) is 28.3. The maximum Gasteiger partial charge on any atom is 0.345 e. The number of ether oxygens (including phenoxy) is 1. The van der Waals surface area contributed by atoms with Gasteiger partial charge in [-0.2, -0.15) is 0 Å². The van der Waals surface area contributed by atoms with Gasteiger partial charge in [0.15, 0.2) is 0 Å². The van der Waals surface area contributed by atoms with Crippen LogP contribution in [-0.4, -0.2) is 28.6 Å². The van der Waals surface area contributed by atoms with Gasteiger partial charge in [0.25, 0.3) is 5.91 Å². The number of nitrogens with one attached hydrogen (secondary N) is 1. The summed E-state index contributed by atoms with van der Waals surface area (Å²) in [6, 6.07) is 3.24. The normalized spacial score (nSPS) is 17.5. The molecule has 3 rings (SSSR count). The van der Waals surface area contributed by atoms with Crippen LogP contribution in [0.25, 0.3) is 0 Å². The first-order valence-electron chi connectivity index (χ1n) is 6.80. The summed E-state index contributed by atoms with van der Waals surface area (Å²) < 4.78 is 5.55. The van der Waals surface area contributed by atoms with Gasteiger partial charge in [0, 0.05) is 16.9 Å². The summed E-state index contributed by atoms with van der Waals surface area (Å²) in [5, 5.41) is 14.2. The fourth-order valence-corrected chi connectivity index (χ4v) is 3.83. The van der Waals surface area contributed by atoms with Crippen LogP contribution in [0.15, 0.2) is 17.5 Å². The number of thiazole rings is 1. The summed E-state index contributed by atoms with van der Waals surface area (Å²) in [6.45, 7) is 1.04. The molecular weight excluding hydrogens is 324 g/mol. The van der Waals surface area contributed by atoms with E-state index in [-0.39, 0.29) is 16.9 Å². The van der Waals surface area contributed by atoms with Gasteiger partial charge in [-0.15, -0.1) is 22.7 Å². The van der Waals surface area contributed by atoms with Crippen LogP contribution in [0.5, 0.6) is 0 Å². The minimum Gasteiger partial charge on any atom is -0.477 e. The summed E-state index contributed by atoms with van der Waals surface area (Å²) >= 11 is 2.58. The Morgan fingerprint density at radius 1 is 1.45 bits per heavy atom. The number of hydrogen-bond acceptors (Lipinski definition) is 6. The van der Waals surface area contributed by atoms with Gasteiger partial charge in [-0.25, -0.2) is 9.78 Å². The lowest BCUT2D eigenvalue weighted by atomic mass is 10.2. The SMILES string of the molecule is O=C(NCc1ccc(C(=O)O)s1)c1csc(C2CCCO2)n1. The lowest BCUT2D eigenvalue weighted by Gasteiger charge is -2.04. The molecule has 2 aromatic heterocycles. The van der Waals surface area contributed by atoms with Gasteiger partial charge in [-0.3, -0.25) is 4.79 Å². The smallest absolute Gasteiger partial charge is 0.345 e. The molecule has 1 saturated heterocycles. The number of aromatic nitrogens is 1. The van der Waals surface area contributed by atoms with E-state index in [1.165, 1.54) is 17.4 Å². The second kappa shape index (κ2) is 6.55. The summed E-state index contributed by atoms with van der Waals surface area (Å²) in [5.74, 6) is -1.21. The Kier molecular flexibility index (Phi) is 4.51. The van der Waals surface area contributed by atoms with Gasteiger partial charge >= 0.3 is 5.97 Å². The number of carbonyl (C=O) groups excluding carboxylic acids is 1. The largest absolute Gasteiger partial charge is 0.477 e. The second-order valence-corrected chi connectivity index (χ2v) is 6.88. The van der Waals surface area contributed by atoms with Crippen LogP contribution < -0.4 is 5.32 Å². The van der Waals surface area contributed by atoms with Crippen molar-refractivity contribution in [1.29, 1.82) is 0 Å². The molecule has 1 aliphatic rings. The highest BCUT2D eigenvalue weighted by molar-refractivity contribution is 7.13. The predicted octanol–water partition coefficient (Wildman–Crippen LogP) is 2.68. The first kappa shape index (κ1) is 15.1. The predicted molar refractivity (Wildman–Crippen MR) is 82.5 cm³/mol. The van der Waals surface area contributed by atoms with Crippen LogP contribution in [0, 0.1) is 0 Å². The van der Waals surface area contributed by atoms with Crippen molar-refractivity contribution in [3.8, 4) is 0 Å². The minimum atomic E-state index is -0.955. The summed E-state index contributed by atoms with van der Waals surface area (Å²) in [6.07, 6.45) is 1.99. The van der Waals surface area contributed by atoms with Gasteiger partial charge in [-0.05, 0) is 25.0 Å². The maximum atomic E-state index is 12.1. The zero-order valence-corrected chi connectivity index (χ0v) is 13.2. The molecule has 1 unspecified atom stereocenters. The molecule has 1 amide bonds. The number of rotatable bonds is 5. The molecule has 3 heterocycles. The van der Waals surface area contributed by atoms with Gasteiger partial charge < -0.3 is 15.2 Å². The van der Waals surface area contributed by atoms with Gasteiger partial charge in [0.1, 0.15) is 21.7 Å². The van der Waals surface area contributed by atoms with E-state index in [4.69, 9.17) is 9.84 Å². The van der Waals surface area contributed by atoms with E-state index in [0.29, 0.717) is 12.2 Å². The Labute approximate surface area is 134 Å². The van der Waals surface area contributed by atoms with Crippen molar-refractivity contribution >= 4 is 34.6 Å². The second-order valence-electron chi connectivity index (χ2n) is 4.83. The molecule has 1 aliphatic heterocycles. The van der Waals surface area contributed by atoms with Crippen LogP contribution >= 0.6 is 22.7 Å². The molecule has 0 spiro atoms. The average Bonchev–Trinajstić information content (AvgIpc) is 3.23. The van der Waals surface area contributed by atoms with Crippen LogP contribution in [0.3, 0.4) is 0 Å². The van der Waals surface area contributed by atoms with Crippen molar-refractivity contribution in [2.24, 2.45) is 0 Å². The van der Waals surface area contributed by atoms with Crippen LogP contribution in [0.4, 0.5) is 0 Å². The number of carboxylic acids is 1. The summed E-state index contributed by atoms with van der Waals surface area (Å²) in [7, 11) is 0. The number of carbonyl (C=O) groups is 2. The Morgan fingerprint density at radius 2 is 2.32 bits per heavy atom. The third-order valence-corrected chi connectivity index (χ3v) is 5.27. The molecule has 22 heavy (non-hydrogen) atoms. The van der Waals surface area contributed by atoms with Gasteiger partial charge in [0.05, 0.1) is 6.54 Å². The molecule has 6 nitrogen and oxygen atoms in total. The monoisotopic (exact) mass is 338 g/mol. The van der Waals surface area contributed by atoms with E-state index in [1.54, 1.807) is 11.4 Å². The van der Waals surface area contributed by atoms with Crippen molar-refractivity contribution in [2.45, 2.75) is 25.5 Å². The molecule has 0 aliphatic carbocycles. The molecule has 0 bridgehead atoms. The number of thiophene rings is 1. The number of amides is 1. The van der Waals surface area contributed by atoms with E-state index in [0.717, 1.165) is 40.7 Å². The first-order chi connectivity index (χ1) is 10.6. The molecule has 0 saturated carbocycles. The van der Waals surface area contributed by atoms with Crippen molar-refractivity contribution < 1.29 is 19.4 Å². The zero-order valence-electron chi connectivity index (χ0n) is 11.6. The average molecular weight is 338 g/mol. The summed E-state index contributed by atoms with van der Waals surface area (Å²) in [5.41, 5.74) is 0.380. The maximum absolute atomic E-state index is 12.1. The molecule has 2 aromatic rings. The Bertz CT molecular complexity index is 689. The van der Waals surface area contributed by atoms with Crippen LogP contribution in [-0.2, 0) is 11.3 Å². The van der Waals surface area contributed by atoms with E-state index >= 15 is 0 Å². The van der Waals surface area contributed by atoms with Crippen molar-refractivity contribution in [1.82, 2.24) is 10.3 Å². The number of aromatic carboxylic acids is 1. The number of nitrogens with zero attached hydrogens (tertiary/aromatic N) is 1. The highest BCUT2D eigenvalue weighted by Crippen LogP contribution is 2.30. The Morgan fingerprint density at radius 3 is 3.00 bits per heavy atom. The van der Waals surface area contributed by atoms with E-state index in [2.05, 4.69) is 10.3 Å². The molecule has 1 fully saturated rings. The van der Waals surface area contributed by atoms with E-state index in [1.807, 2.05) is 0 Å². The molecule has 2 N–H and O–H groups in total. The topological polar surface area (TPSA) is 88.5 Å². The van der Waals surface area contributed by atoms with Gasteiger partial charge in [-0.1, -0.05) is 0 Å². The Hall–Kier alpha value is -1.77. The molecule has 8 heteroatoms. The third kappa shape index (κ3) is 3.34. The quantitative estimate of drug-likeness (QED) is 0.875. The van der Waals surface area contributed by atoms with Crippen LogP contribution in [0.2, 0.25) is 0 Å². The highest BCUT2D eigenvalue weighted by atomic mass is 32.1. The standard InChI is InChI=1S/C14H14N2O4S2/c17-12(15-6-8-3-4-11(22-8)14(18)19)9-7-21-13(16-9)10-2-1-5-20-10/h3-4,7,10H,1-2,5-6H2,(H,15,17)(H,18,19). The van der Waals surface area contributed by atoms with Crippen molar-refractivity contribution in [2.75, 3.05) is 6.61 Å².